The van der Waals surface area contributed by atoms with Crippen molar-refractivity contribution in [2.45, 2.75) is 25.3 Å². The first-order valence-corrected chi connectivity index (χ1v) is 6.11. The second-order valence-electron chi connectivity index (χ2n) is 4.50. The largest absolute Gasteiger partial charge is 0.338 e. The van der Waals surface area contributed by atoms with Crippen molar-refractivity contribution in [3.05, 3.63) is 47.4 Å². The second kappa shape index (κ2) is 6.12. The highest BCUT2D eigenvalue weighted by molar-refractivity contribution is 5.85. The Labute approximate surface area is 116 Å². The van der Waals surface area contributed by atoms with Gasteiger partial charge in [0.25, 0.3) is 0 Å². The van der Waals surface area contributed by atoms with Gasteiger partial charge in [0.05, 0.1) is 6.04 Å². The first kappa shape index (κ1) is 14.0. The van der Waals surface area contributed by atoms with E-state index in [0.717, 1.165) is 24.9 Å². The van der Waals surface area contributed by atoms with Gasteiger partial charge >= 0.3 is 0 Å². The first-order valence-electron chi connectivity index (χ1n) is 6.11. The van der Waals surface area contributed by atoms with Gasteiger partial charge in [-0.2, -0.15) is 4.98 Å². The summed E-state index contributed by atoms with van der Waals surface area (Å²) >= 11 is 0. The quantitative estimate of drug-likeness (QED) is 0.941. The summed E-state index contributed by atoms with van der Waals surface area (Å²) in [6, 6.07) is 6.54. The number of benzene rings is 1. The molecule has 1 unspecified atom stereocenters. The van der Waals surface area contributed by atoms with E-state index in [-0.39, 0.29) is 24.3 Å². The Morgan fingerprint density at radius 1 is 1.32 bits per heavy atom. The van der Waals surface area contributed by atoms with Gasteiger partial charge in [-0.3, -0.25) is 0 Å². The van der Waals surface area contributed by atoms with Crippen molar-refractivity contribution in [3.8, 4) is 0 Å². The smallest absolute Gasteiger partial charge is 0.243 e. The van der Waals surface area contributed by atoms with Gasteiger partial charge in [-0.1, -0.05) is 17.3 Å². The molecule has 0 aliphatic carbocycles. The Hall–Kier alpha value is -1.46. The molecule has 1 saturated heterocycles. The van der Waals surface area contributed by atoms with Crippen LogP contribution >= 0.6 is 12.4 Å². The van der Waals surface area contributed by atoms with Crippen LogP contribution in [0.5, 0.6) is 0 Å². The third kappa shape index (κ3) is 3.30. The van der Waals surface area contributed by atoms with Crippen molar-refractivity contribution in [3.63, 3.8) is 0 Å². The molecule has 1 N–H and O–H groups in total. The van der Waals surface area contributed by atoms with Gasteiger partial charge in [0, 0.05) is 6.42 Å². The molecular formula is C13H15ClFN3O. The van der Waals surface area contributed by atoms with Crippen LogP contribution in [0.1, 0.15) is 36.2 Å². The molecule has 2 aromatic rings. The monoisotopic (exact) mass is 283 g/mol. The van der Waals surface area contributed by atoms with Crippen LogP contribution in [-0.2, 0) is 6.42 Å². The summed E-state index contributed by atoms with van der Waals surface area (Å²) in [5.41, 5.74) is 0.975. The first-order chi connectivity index (χ1) is 8.81. The lowest BCUT2D eigenvalue weighted by atomic mass is 10.1. The molecule has 19 heavy (non-hydrogen) atoms. The molecule has 3 rings (SSSR count). The molecule has 0 amide bonds. The SMILES string of the molecule is Cl.Fc1ccc(Cc2noc(C3CCCN3)n2)cc1. The van der Waals surface area contributed by atoms with Crippen LogP contribution in [0, 0.1) is 5.82 Å². The number of halogens is 2. The fourth-order valence-corrected chi connectivity index (χ4v) is 2.16. The van der Waals surface area contributed by atoms with Crippen molar-refractivity contribution in [1.82, 2.24) is 15.5 Å². The van der Waals surface area contributed by atoms with E-state index in [9.17, 15) is 4.39 Å². The lowest BCUT2D eigenvalue weighted by Crippen LogP contribution is -2.13. The lowest BCUT2D eigenvalue weighted by Gasteiger charge is -2.01. The van der Waals surface area contributed by atoms with Gasteiger partial charge in [-0.25, -0.2) is 4.39 Å². The summed E-state index contributed by atoms with van der Waals surface area (Å²) in [6.07, 6.45) is 2.75. The molecule has 0 bridgehead atoms. The van der Waals surface area contributed by atoms with E-state index in [0.29, 0.717) is 18.1 Å². The zero-order chi connectivity index (χ0) is 12.4. The third-order valence-electron chi connectivity index (χ3n) is 3.12. The molecule has 1 aromatic carbocycles. The maximum absolute atomic E-state index is 12.8. The number of hydrogen-bond acceptors (Lipinski definition) is 4. The zero-order valence-corrected chi connectivity index (χ0v) is 11.1. The molecule has 1 atom stereocenters. The van der Waals surface area contributed by atoms with E-state index in [4.69, 9.17) is 4.52 Å². The summed E-state index contributed by atoms with van der Waals surface area (Å²) in [7, 11) is 0. The third-order valence-corrected chi connectivity index (χ3v) is 3.12. The number of rotatable bonds is 3. The molecule has 0 radical (unpaired) electrons. The summed E-state index contributed by atoms with van der Waals surface area (Å²) in [5, 5.41) is 7.27. The minimum Gasteiger partial charge on any atom is -0.338 e. The van der Waals surface area contributed by atoms with Crippen LogP contribution in [-0.4, -0.2) is 16.7 Å². The molecule has 1 aliphatic heterocycles. The average molecular weight is 284 g/mol. The summed E-state index contributed by atoms with van der Waals surface area (Å²) in [6.45, 7) is 1.00. The zero-order valence-electron chi connectivity index (χ0n) is 10.3. The van der Waals surface area contributed by atoms with Gasteiger partial charge in [0.2, 0.25) is 5.89 Å². The van der Waals surface area contributed by atoms with E-state index < -0.39 is 0 Å². The highest BCUT2D eigenvalue weighted by atomic mass is 35.5. The Bertz CT molecular complexity index is 523. The molecule has 1 aliphatic rings. The second-order valence-corrected chi connectivity index (χ2v) is 4.50. The molecule has 1 aromatic heterocycles. The summed E-state index contributed by atoms with van der Waals surface area (Å²) < 4.78 is 18.0. The van der Waals surface area contributed by atoms with Crippen molar-refractivity contribution < 1.29 is 8.91 Å². The maximum atomic E-state index is 12.8. The molecule has 0 spiro atoms. The predicted molar refractivity (Wildman–Crippen MR) is 70.7 cm³/mol. The molecule has 102 valence electrons. The number of hydrogen-bond donors (Lipinski definition) is 1. The van der Waals surface area contributed by atoms with Gasteiger partial charge in [0.15, 0.2) is 5.82 Å². The van der Waals surface area contributed by atoms with Crippen molar-refractivity contribution >= 4 is 12.4 Å². The van der Waals surface area contributed by atoms with E-state index in [1.165, 1.54) is 12.1 Å². The van der Waals surface area contributed by atoms with Crippen LogP contribution in [0.4, 0.5) is 4.39 Å². The Morgan fingerprint density at radius 3 is 2.79 bits per heavy atom. The number of nitrogens with zero attached hydrogens (tertiary/aromatic N) is 2. The molecule has 2 heterocycles. The summed E-state index contributed by atoms with van der Waals surface area (Å²) in [5.74, 6) is 1.07. The molecule has 6 heteroatoms. The minimum absolute atomic E-state index is 0. The van der Waals surface area contributed by atoms with Gasteiger partial charge in [0.1, 0.15) is 5.82 Å². The predicted octanol–water partition coefficient (Wildman–Crippen LogP) is 2.65. The molecular weight excluding hydrogens is 269 g/mol. The van der Waals surface area contributed by atoms with E-state index >= 15 is 0 Å². The number of aromatic nitrogens is 2. The Balaban J connectivity index is 0.00000133. The fraction of sp³-hybridized carbons (Fsp3) is 0.385. The van der Waals surface area contributed by atoms with Crippen molar-refractivity contribution in [1.29, 1.82) is 0 Å². The van der Waals surface area contributed by atoms with Crippen LogP contribution in [0.25, 0.3) is 0 Å². The Kier molecular flexibility index (Phi) is 4.50. The minimum atomic E-state index is -0.234. The average Bonchev–Trinajstić information content (AvgIpc) is 3.02. The van der Waals surface area contributed by atoms with E-state index in [1.807, 2.05) is 0 Å². The topological polar surface area (TPSA) is 51.0 Å². The van der Waals surface area contributed by atoms with Crippen LogP contribution in [0.2, 0.25) is 0 Å². The van der Waals surface area contributed by atoms with E-state index in [1.54, 1.807) is 12.1 Å². The van der Waals surface area contributed by atoms with E-state index in [2.05, 4.69) is 15.5 Å². The van der Waals surface area contributed by atoms with Crippen molar-refractivity contribution in [2.24, 2.45) is 0 Å². The Morgan fingerprint density at radius 2 is 2.11 bits per heavy atom. The van der Waals surface area contributed by atoms with Crippen LogP contribution < -0.4 is 5.32 Å². The maximum Gasteiger partial charge on any atom is 0.243 e. The standard InChI is InChI=1S/C13H14FN3O.ClH/c14-10-5-3-9(4-6-10)8-12-16-13(18-17-12)11-2-1-7-15-11;/h3-6,11,15H,1-2,7-8H2;1H. The normalized spacial score (nSPS) is 18.3. The van der Waals surface area contributed by atoms with Gasteiger partial charge < -0.3 is 9.84 Å². The highest BCUT2D eigenvalue weighted by Crippen LogP contribution is 2.21. The van der Waals surface area contributed by atoms with Gasteiger partial charge in [-0.15, -0.1) is 12.4 Å². The van der Waals surface area contributed by atoms with Crippen LogP contribution in [0.15, 0.2) is 28.8 Å². The fourth-order valence-electron chi connectivity index (χ4n) is 2.16. The molecule has 1 fully saturated rings. The molecule has 4 nitrogen and oxygen atoms in total. The number of nitrogens with one attached hydrogen (secondary N) is 1. The summed E-state index contributed by atoms with van der Waals surface area (Å²) in [4.78, 5) is 4.38. The van der Waals surface area contributed by atoms with Crippen LogP contribution in [0.3, 0.4) is 0 Å². The van der Waals surface area contributed by atoms with Gasteiger partial charge in [-0.05, 0) is 37.1 Å². The highest BCUT2D eigenvalue weighted by Gasteiger charge is 2.22. The molecule has 0 saturated carbocycles. The van der Waals surface area contributed by atoms with Crippen molar-refractivity contribution in [2.75, 3.05) is 6.54 Å². The lowest BCUT2D eigenvalue weighted by molar-refractivity contribution is 0.341.